The lowest BCUT2D eigenvalue weighted by molar-refractivity contribution is 0.0594. The van der Waals surface area contributed by atoms with Gasteiger partial charge >= 0.3 is 12.0 Å². The summed E-state index contributed by atoms with van der Waals surface area (Å²) in [4.78, 5) is 25.7. The molecular weight excluding hydrogens is 490 g/mol. The van der Waals surface area contributed by atoms with E-state index in [1.165, 1.54) is 7.11 Å². The fourth-order valence-electron chi connectivity index (χ4n) is 4.28. The second-order valence-electron chi connectivity index (χ2n) is 8.71. The van der Waals surface area contributed by atoms with Crippen molar-refractivity contribution in [2.24, 2.45) is 0 Å². The predicted octanol–water partition coefficient (Wildman–Crippen LogP) is 7.08. The number of ether oxygens (including phenoxy) is 2. The number of esters is 1. The van der Waals surface area contributed by atoms with E-state index in [0.29, 0.717) is 17.1 Å². The van der Waals surface area contributed by atoms with Crippen LogP contribution in [0.5, 0.6) is 5.75 Å². The van der Waals surface area contributed by atoms with Crippen LogP contribution in [-0.4, -0.2) is 23.7 Å². The fourth-order valence-corrected chi connectivity index (χ4v) is 4.28. The van der Waals surface area contributed by atoms with Gasteiger partial charge in [0.05, 0.1) is 18.5 Å². The number of rotatable bonds is 8. The van der Waals surface area contributed by atoms with E-state index in [9.17, 15) is 9.59 Å². The lowest BCUT2D eigenvalue weighted by Gasteiger charge is -2.22. The molecule has 0 fully saturated rings. The Morgan fingerprint density at radius 1 is 0.718 bits per heavy atom. The average Bonchev–Trinajstić information content (AvgIpc) is 3.52. The Bertz CT molecular complexity index is 1510. The second-order valence-corrected chi connectivity index (χ2v) is 8.71. The van der Waals surface area contributed by atoms with Gasteiger partial charge in [0, 0.05) is 18.1 Å². The molecule has 1 aromatic heterocycles. The molecule has 0 atom stereocenters. The molecule has 194 valence electrons. The van der Waals surface area contributed by atoms with E-state index in [-0.39, 0.29) is 5.56 Å². The number of nitrogens with zero attached hydrogens (tertiary/aromatic N) is 1. The Morgan fingerprint density at radius 3 is 1.97 bits per heavy atom. The van der Waals surface area contributed by atoms with Crippen LogP contribution in [0.15, 0.2) is 128 Å². The topological polar surface area (TPSA) is 81.6 Å². The van der Waals surface area contributed by atoms with Gasteiger partial charge in [-0.15, -0.1) is 0 Å². The molecule has 7 nitrogen and oxygen atoms in total. The molecule has 0 aliphatic carbocycles. The van der Waals surface area contributed by atoms with Crippen LogP contribution >= 0.6 is 0 Å². The van der Waals surface area contributed by atoms with Crippen molar-refractivity contribution in [3.05, 3.63) is 144 Å². The van der Waals surface area contributed by atoms with Gasteiger partial charge in [-0.25, -0.2) is 9.59 Å². The van der Waals surface area contributed by atoms with E-state index in [1.807, 2.05) is 114 Å². The van der Waals surface area contributed by atoms with Crippen LogP contribution in [0.2, 0.25) is 0 Å². The van der Waals surface area contributed by atoms with Gasteiger partial charge < -0.3 is 24.7 Å². The molecule has 4 aromatic carbocycles. The summed E-state index contributed by atoms with van der Waals surface area (Å²) in [6, 6.07) is 35.3. The number of nitrogens with one attached hydrogen (secondary N) is 2. The van der Waals surface area contributed by atoms with E-state index >= 15 is 0 Å². The molecular formula is C32H27N3O4. The molecule has 0 radical (unpaired) electrons. The van der Waals surface area contributed by atoms with Crippen molar-refractivity contribution >= 4 is 23.4 Å². The number of carbonyl (C=O) groups is 2. The first-order valence-electron chi connectivity index (χ1n) is 12.4. The number of urea groups is 1. The van der Waals surface area contributed by atoms with Crippen molar-refractivity contribution in [3.63, 3.8) is 0 Å². The molecule has 0 saturated heterocycles. The van der Waals surface area contributed by atoms with Crippen molar-refractivity contribution < 1.29 is 19.1 Å². The normalized spacial score (nSPS) is 10.6. The summed E-state index contributed by atoms with van der Waals surface area (Å²) >= 11 is 0. The highest BCUT2D eigenvalue weighted by atomic mass is 16.5. The number of para-hydroxylation sites is 2. The molecule has 0 saturated carbocycles. The number of hydrogen-bond acceptors (Lipinski definition) is 4. The van der Waals surface area contributed by atoms with Gasteiger partial charge in [-0.3, -0.25) is 0 Å². The van der Waals surface area contributed by atoms with Crippen molar-refractivity contribution in [2.75, 3.05) is 17.7 Å². The molecule has 1 heterocycles. The third kappa shape index (κ3) is 5.99. The largest absolute Gasteiger partial charge is 0.480 e. The number of benzene rings is 4. The van der Waals surface area contributed by atoms with Crippen molar-refractivity contribution in [2.45, 2.75) is 6.10 Å². The maximum Gasteiger partial charge on any atom is 0.341 e. The quantitative estimate of drug-likeness (QED) is 0.216. The number of amides is 2. The lowest BCUT2D eigenvalue weighted by Crippen LogP contribution is -2.21. The van der Waals surface area contributed by atoms with Crippen LogP contribution in [0, 0.1) is 0 Å². The van der Waals surface area contributed by atoms with Gasteiger partial charge in [0.1, 0.15) is 17.4 Å². The highest BCUT2D eigenvalue weighted by molar-refractivity contribution is 6.02. The third-order valence-electron chi connectivity index (χ3n) is 6.13. The van der Waals surface area contributed by atoms with Crippen LogP contribution in [0.25, 0.3) is 5.69 Å². The molecule has 39 heavy (non-hydrogen) atoms. The molecule has 2 N–H and O–H groups in total. The molecule has 0 bridgehead atoms. The Hall–Kier alpha value is -5.30. The Morgan fingerprint density at radius 2 is 1.33 bits per heavy atom. The summed E-state index contributed by atoms with van der Waals surface area (Å²) in [7, 11) is 1.31. The Kier molecular flexibility index (Phi) is 7.69. The number of carbonyl (C=O) groups excluding carboxylic acids is 2. The van der Waals surface area contributed by atoms with Crippen LogP contribution in [0.1, 0.15) is 27.6 Å². The van der Waals surface area contributed by atoms with Crippen LogP contribution in [0.4, 0.5) is 16.2 Å². The minimum Gasteiger partial charge on any atom is -0.480 e. The van der Waals surface area contributed by atoms with Gasteiger partial charge in [-0.05, 0) is 53.6 Å². The number of hydrogen-bond donors (Lipinski definition) is 2. The summed E-state index contributed by atoms with van der Waals surface area (Å²) < 4.78 is 13.4. The standard InChI is InChI=1S/C32H27N3O4/c1-38-31(36)26-22-25(33-32(37)34-27-16-8-9-17-28(27)35-20-10-11-21-35)18-19-29(26)39-30(23-12-4-2-5-13-23)24-14-6-3-7-15-24/h2-22,30H,1H3,(H2,33,34,37). The van der Waals surface area contributed by atoms with Crippen LogP contribution < -0.4 is 15.4 Å². The van der Waals surface area contributed by atoms with E-state index < -0.39 is 18.1 Å². The van der Waals surface area contributed by atoms with Gasteiger partial charge in [0.15, 0.2) is 0 Å². The molecule has 0 spiro atoms. The van der Waals surface area contributed by atoms with Crippen molar-refractivity contribution in [1.29, 1.82) is 0 Å². The predicted molar refractivity (Wildman–Crippen MR) is 152 cm³/mol. The van der Waals surface area contributed by atoms with Crippen LogP contribution in [0.3, 0.4) is 0 Å². The monoisotopic (exact) mass is 517 g/mol. The van der Waals surface area contributed by atoms with E-state index in [4.69, 9.17) is 9.47 Å². The van der Waals surface area contributed by atoms with E-state index in [1.54, 1.807) is 18.2 Å². The molecule has 5 aromatic rings. The first kappa shape index (κ1) is 25.4. The summed E-state index contributed by atoms with van der Waals surface area (Å²) in [6.07, 6.45) is 3.35. The number of methoxy groups -OCH3 is 1. The number of anilines is 2. The summed E-state index contributed by atoms with van der Waals surface area (Å²) in [5.41, 5.74) is 3.93. The minimum absolute atomic E-state index is 0.194. The summed E-state index contributed by atoms with van der Waals surface area (Å²) in [5.74, 6) is -0.240. The zero-order valence-corrected chi connectivity index (χ0v) is 21.3. The van der Waals surface area contributed by atoms with E-state index in [0.717, 1.165) is 16.8 Å². The van der Waals surface area contributed by atoms with Crippen molar-refractivity contribution in [3.8, 4) is 11.4 Å². The highest BCUT2D eigenvalue weighted by Gasteiger charge is 2.21. The Labute approximate surface area is 226 Å². The first-order chi connectivity index (χ1) is 19.1. The molecule has 0 aliphatic rings. The second kappa shape index (κ2) is 11.8. The van der Waals surface area contributed by atoms with Crippen molar-refractivity contribution in [1.82, 2.24) is 4.57 Å². The SMILES string of the molecule is COC(=O)c1cc(NC(=O)Nc2ccccc2-n2cccc2)ccc1OC(c1ccccc1)c1ccccc1. The van der Waals surface area contributed by atoms with Gasteiger partial charge in [-0.2, -0.15) is 0 Å². The maximum atomic E-state index is 12.9. The summed E-state index contributed by atoms with van der Waals surface area (Å²) in [5, 5.41) is 5.69. The minimum atomic E-state index is -0.577. The zero-order chi connectivity index (χ0) is 27.0. The highest BCUT2D eigenvalue weighted by Crippen LogP contribution is 2.32. The lowest BCUT2D eigenvalue weighted by atomic mass is 10.0. The maximum absolute atomic E-state index is 12.9. The molecule has 0 aliphatic heterocycles. The van der Waals surface area contributed by atoms with Gasteiger partial charge in [0.2, 0.25) is 0 Å². The van der Waals surface area contributed by atoms with Gasteiger partial charge in [-0.1, -0.05) is 72.8 Å². The third-order valence-corrected chi connectivity index (χ3v) is 6.13. The zero-order valence-electron chi connectivity index (χ0n) is 21.3. The molecule has 5 rings (SSSR count). The number of aromatic nitrogens is 1. The first-order valence-corrected chi connectivity index (χ1v) is 12.4. The fraction of sp³-hybridized carbons (Fsp3) is 0.0625. The summed E-state index contributed by atoms with van der Waals surface area (Å²) in [6.45, 7) is 0. The van der Waals surface area contributed by atoms with Gasteiger partial charge in [0.25, 0.3) is 0 Å². The molecule has 2 amide bonds. The van der Waals surface area contributed by atoms with Crippen LogP contribution in [-0.2, 0) is 4.74 Å². The van der Waals surface area contributed by atoms with E-state index in [2.05, 4.69) is 10.6 Å². The Balaban J connectivity index is 1.40. The smallest absolute Gasteiger partial charge is 0.341 e. The molecule has 7 heteroatoms. The average molecular weight is 518 g/mol. The molecule has 0 unspecified atom stereocenters.